The van der Waals surface area contributed by atoms with E-state index in [0.29, 0.717) is 17.5 Å². The SMILES string of the molecule is N#CC1C(=N)CC2CC=CCC21. The van der Waals surface area contributed by atoms with Gasteiger partial charge in [-0.3, -0.25) is 0 Å². The van der Waals surface area contributed by atoms with Gasteiger partial charge in [-0.15, -0.1) is 0 Å². The zero-order chi connectivity index (χ0) is 8.55. The first kappa shape index (κ1) is 7.54. The lowest BCUT2D eigenvalue weighted by molar-refractivity contribution is 0.347. The van der Waals surface area contributed by atoms with Gasteiger partial charge in [0.05, 0.1) is 12.0 Å². The van der Waals surface area contributed by atoms with Crippen molar-refractivity contribution in [2.45, 2.75) is 19.3 Å². The first-order chi connectivity index (χ1) is 5.83. The van der Waals surface area contributed by atoms with Crippen LogP contribution in [0.3, 0.4) is 0 Å². The van der Waals surface area contributed by atoms with E-state index in [0.717, 1.165) is 19.3 Å². The summed E-state index contributed by atoms with van der Waals surface area (Å²) >= 11 is 0. The van der Waals surface area contributed by atoms with Crippen LogP contribution in [0.1, 0.15) is 19.3 Å². The minimum absolute atomic E-state index is 0.0834. The third kappa shape index (κ3) is 0.972. The summed E-state index contributed by atoms with van der Waals surface area (Å²) in [7, 11) is 0. The van der Waals surface area contributed by atoms with Gasteiger partial charge < -0.3 is 5.41 Å². The fourth-order valence-electron chi connectivity index (χ4n) is 2.38. The molecule has 0 aromatic rings. The summed E-state index contributed by atoms with van der Waals surface area (Å²) in [6, 6.07) is 2.25. The Morgan fingerprint density at radius 3 is 2.92 bits per heavy atom. The highest BCUT2D eigenvalue weighted by Gasteiger charge is 2.39. The van der Waals surface area contributed by atoms with E-state index >= 15 is 0 Å². The van der Waals surface area contributed by atoms with E-state index in [4.69, 9.17) is 10.7 Å². The summed E-state index contributed by atoms with van der Waals surface area (Å²) < 4.78 is 0. The third-order valence-corrected chi connectivity index (χ3v) is 3.04. The molecule has 3 atom stereocenters. The molecule has 0 aromatic heterocycles. The Morgan fingerprint density at radius 2 is 2.17 bits per heavy atom. The Labute approximate surface area is 72.4 Å². The van der Waals surface area contributed by atoms with Crippen molar-refractivity contribution >= 4 is 5.71 Å². The number of nitriles is 1. The van der Waals surface area contributed by atoms with Gasteiger partial charge in [0.25, 0.3) is 0 Å². The second-order valence-electron chi connectivity index (χ2n) is 3.70. The molecule has 0 saturated heterocycles. The number of nitrogens with zero attached hydrogens (tertiary/aromatic N) is 1. The zero-order valence-electron chi connectivity index (χ0n) is 6.96. The lowest BCUT2D eigenvalue weighted by Crippen LogP contribution is -2.16. The summed E-state index contributed by atoms with van der Waals surface area (Å²) in [5, 5.41) is 16.5. The van der Waals surface area contributed by atoms with Gasteiger partial charge in [-0.25, -0.2) is 0 Å². The minimum Gasteiger partial charge on any atom is -0.308 e. The van der Waals surface area contributed by atoms with Gasteiger partial charge in [-0.1, -0.05) is 12.2 Å². The molecule has 1 fully saturated rings. The minimum atomic E-state index is -0.0834. The Balaban J connectivity index is 2.23. The molecule has 12 heavy (non-hydrogen) atoms. The number of fused-ring (bicyclic) bond motifs is 1. The fourth-order valence-corrected chi connectivity index (χ4v) is 2.38. The maximum Gasteiger partial charge on any atom is 0.0872 e. The van der Waals surface area contributed by atoms with Crippen molar-refractivity contribution in [3.05, 3.63) is 12.2 Å². The van der Waals surface area contributed by atoms with Gasteiger partial charge in [0, 0.05) is 5.71 Å². The molecule has 1 saturated carbocycles. The highest BCUT2D eigenvalue weighted by atomic mass is 14.5. The Bertz CT molecular complexity index is 272. The topological polar surface area (TPSA) is 47.6 Å². The molecule has 0 radical (unpaired) electrons. The van der Waals surface area contributed by atoms with E-state index in [1.165, 1.54) is 0 Å². The van der Waals surface area contributed by atoms with E-state index < -0.39 is 0 Å². The van der Waals surface area contributed by atoms with E-state index in [-0.39, 0.29) is 5.92 Å². The normalized spacial score (nSPS) is 39.2. The summed E-state index contributed by atoms with van der Waals surface area (Å²) in [4.78, 5) is 0. The molecular weight excluding hydrogens is 148 g/mol. The van der Waals surface area contributed by atoms with Crippen LogP contribution in [0.25, 0.3) is 0 Å². The van der Waals surface area contributed by atoms with Crippen molar-refractivity contribution in [2.75, 3.05) is 0 Å². The molecule has 62 valence electrons. The molecule has 2 nitrogen and oxygen atoms in total. The highest BCUT2D eigenvalue weighted by molar-refractivity contribution is 5.88. The summed E-state index contributed by atoms with van der Waals surface area (Å²) in [5.74, 6) is 0.958. The Kier molecular flexibility index (Phi) is 1.73. The molecule has 0 bridgehead atoms. The first-order valence-corrected chi connectivity index (χ1v) is 4.45. The highest BCUT2D eigenvalue weighted by Crippen LogP contribution is 2.41. The van der Waals surface area contributed by atoms with Crippen LogP contribution in [-0.2, 0) is 0 Å². The van der Waals surface area contributed by atoms with Gasteiger partial charge in [0.2, 0.25) is 0 Å². The number of nitrogens with one attached hydrogen (secondary N) is 1. The Morgan fingerprint density at radius 1 is 1.42 bits per heavy atom. The van der Waals surface area contributed by atoms with Crippen molar-refractivity contribution in [1.82, 2.24) is 0 Å². The van der Waals surface area contributed by atoms with E-state index in [2.05, 4.69) is 18.2 Å². The predicted octanol–water partition coefficient (Wildman–Crippen LogP) is 2.13. The van der Waals surface area contributed by atoms with Crippen LogP contribution in [0.5, 0.6) is 0 Å². The van der Waals surface area contributed by atoms with Gasteiger partial charge in [0.15, 0.2) is 0 Å². The lowest BCUT2D eigenvalue weighted by atomic mass is 9.82. The van der Waals surface area contributed by atoms with Crippen LogP contribution in [0, 0.1) is 34.5 Å². The summed E-state index contributed by atoms with van der Waals surface area (Å²) in [6.45, 7) is 0. The van der Waals surface area contributed by atoms with Crippen molar-refractivity contribution in [3.63, 3.8) is 0 Å². The standard InChI is InChI=1S/C10H12N2/c11-6-9-8-4-2-1-3-7(8)5-10(9)12/h1-2,7-9,12H,3-5H2. The van der Waals surface area contributed by atoms with Crippen LogP contribution in [-0.4, -0.2) is 5.71 Å². The average Bonchev–Trinajstić information content (AvgIpc) is 2.40. The molecule has 0 spiro atoms. The summed E-state index contributed by atoms with van der Waals surface area (Å²) in [6.07, 6.45) is 7.28. The van der Waals surface area contributed by atoms with Crippen LogP contribution in [0.4, 0.5) is 0 Å². The molecule has 0 heterocycles. The van der Waals surface area contributed by atoms with Gasteiger partial charge >= 0.3 is 0 Å². The smallest absolute Gasteiger partial charge is 0.0872 e. The molecule has 2 aliphatic carbocycles. The maximum absolute atomic E-state index is 8.86. The van der Waals surface area contributed by atoms with Crippen molar-refractivity contribution in [2.24, 2.45) is 17.8 Å². The molecular formula is C10H12N2. The molecule has 2 heteroatoms. The molecule has 0 aromatic carbocycles. The number of hydrogen-bond acceptors (Lipinski definition) is 2. The fraction of sp³-hybridized carbons (Fsp3) is 0.600. The average molecular weight is 160 g/mol. The lowest BCUT2D eigenvalue weighted by Gasteiger charge is -2.21. The first-order valence-electron chi connectivity index (χ1n) is 4.45. The quantitative estimate of drug-likeness (QED) is 0.542. The third-order valence-electron chi connectivity index (χ3n) is 3.04. The van der Waals surface area contributed by atoms with E-state index in [1.54, 1.807) is 0 Å². The van der Waals surface area contributed by atoms with Crippen LogP contribution in [0.15, 0.2) is 12.2 Å². The van der Waals surface area contributed by atoms with Crippen LogP contribution < -0.4 is 0 Å². The van der Waals surface area contributed by atoms with Crippen molar-refractivity contribution in [1.29, 1.82) is 10.7 Å². The van der Waals surface area contributed by atoms with Crippen molar-refractivity contribution < 1.29 is 0 Å². The molecule has 0 amide bonds. The number of rotatable bonds is 0. The largest absolute Gasteiger partial charge is 0.308 e. The molecule has 2 aliphatic rings. The molecule has 2 rings (SSSR count). The number of hydrogen-bond donors (Lipinski definition) is 1. The number of allylic oxidation sites excluding steroid dienone is 2. The molecule has 3 unspecified atom stereocenters. The van der Waals surface area contributed by atoms with Gasteiger partial charge in [-0.2, -0.15) is 5.26 Å². The molecule has 1 N–H and O–H groups in total. The maximum atomic E-state index is 8.86. The predicted molar refractivity (Wildman–Crippen MR) is 46.8 cm³/mol. The second kappa shape index (κ2) is 2.75. The second-order valence-corrected chi connectivity index (χ2v) is 3.70. The summed E-state index contributed by atoms with van der Waals surface area (Å²) in [5.41, 5.74) is 0.663. The van der Waals surface area contributed by atoms with Crippen molar-refractivity contribution in [3.8, 4) is 6.07 Å². The van der Waals surface area contributed by atoms with E-state index in [9.17, 15) is 0 Å². The van der Waals surface area contributed by atoms with Crippen LogP contribution >= 0.6 is 0 Å². The van der Waals surface area contributed by atoms with Gasteiger partial charge in [-0.05, 0) is 31.1 Å². The van der Waals surface area contributed by atoms with Gasteiger partial charge in [0.1, 0.15) is 0 Å². The molecule has 0 aliphatic heterocycles. The Hall–Kier alpha value is -1.10. The monoisotopic (exact) mass is 160 g/mol. The van der Waals surface area contributed by atoms with E-state index in [1.807, 2.05) is 0 Å². The van der Waals surface area contributed by atoms with Crippen LogP contribution in [0.2, 0.25) is 0 Å². The zero-order valence-corrected chi connectivity index (χ0v) is 6.96.